The predicted molar refractivity (Wildman–Crippen MR) is 56.6 cm³/mol. The van der Waals surface area contributed by atoms with E-state index in [0.717, 1.165) is 18.2 Å². The zero-order valence-corrected chi connectivity index (χ0v) is 8.47. The van der Waals surface area contributed by atoms with Crippen molar-refractivity contribution in [2.75, 3.05) is 0 Å². The third kappa shape index (κ3) is 1.96. The molecule has 0 aliphatic rings. The van der Waals surface area contributed by atoms with Crippen molar-refractivity contribution in [3.63, 3.8) is 0 Å². The first kappa shape index (κ1) is 11.6. The number of ketones is 1. The summed E-state index contributed by atoms with van der Waals surface area (Å²) >= 11 is 0. The van der Waals surface area contributed by atoms with Crippen molar-refractivity contribution in [1.82, 2.24) is 4.73 Å². The van der Waals surface area contributed by atoms with Gasteiger partial charge in [0.15, 0.2) is 5.78 Å². The molecule has 5 nitrogen and oxygen atoms in total. The molecule has 0 spiro atoms. The Labute approximate surface area is 91.2 Å². The summed E-state index contributed by atoms with van der Waals surface area (Å²) in [6.07, 6.45) is 6.96. The number of hydrogen-bond donors (Lipinski definition) is 2. The summed E-state index contributed by atoms with van der Waals surface area (Å²) in [6.45, 7) is 1.41. The monoisotopic (exact) mass is 219 g/mol. The number of aromatic hydroxyl groups is 1. The van der Waals surface area contributed by atoms with Crippen molar-refractivity contribution in [3.8, 4) is 18.1 Å². The Bertz CT molecular complexity index is 561. The molecule has 0 saturated heterocycles. The second-order valence-electron chi connectivity index (χ2n) is 3.03. The van der Waals surface area contributed by atoms with Crippen LogP contribution in [-0.4, -0.2) is 20.8 Å². The van der Waals surface area contributed by atoms with Gasteiger partial charge in [-0.25, -0.2) is 0 Å². The molecule has 0 fully saturated rings. The van der Waals surface area contributed by atoms with Gasteiger partial charge in [0.1, 0.15) is 11.3 Å². The van der Waals surface area contributed by atoms with Gasteiger partial charge in [-0.2, -0.15) is 4.73 Å². The van der Waals surface area contributed by atoms with Crippen molar-refractivity contribution in [2.24, 2.45) is 0 Å². The van der Waals surface area contributed by atoms with E-state index in [0.29, 0.717) is 0 Å². The average molecular weight is 219 g/mol. The molecule has 82 valence electrons. The Balaban J connectivity index is 3.42. The van der Waals surface area contributed by atoms with Gasteiger partial charge in [-0.05, 0) is 19.1 Å². The zero-order valence-electron chi connectivity index (χ0n) is 8.47. The van der Waals surface area contributed by atoms with Gasteiger partial charge in [-0.15, -0.1) is 6.42 Å². The summed E-state index contributed by atoms with van der Waals surface area (Å²) in [5.74, 6) is 0.831. The lowest BCUT2D eigenvalue weighted by Crippen LogP contribution is -2.25. The van der Waals surface area contributed by atoms with Gasteiger partial charge in [0.05, 0.1) is 5.69 Å². The van der Waals surface area contributed by atoms with E-state index in [-0.39, 0.29) is 10.4 Å². The van der Waals surface area contributed by atoms with E-state index in [1.165, 1.54) is 6.92 Å². The predicted octanol–water partition coefficient (Wildman–Crippen LogP) is 0.472. The highest BCUT2D eigenvalue weighted by Gasteiger charge is 2.17. The first-order chi connectivity index (χ1) is 7.49. The van der Waals surface area contributed by atoms with E-state index in [1.807, 2.05) is 0 Å². The molecule has 0 saturated carbocycles. The minimum Gasteiger partial charge on any atom is -0.507 e. The van der Waals surface area contributed by atoms with Crippen LogP contribution in [0.1, 0.15) is 16.1 Å². The maximum atomic E-state index is 11.5. The highest BCUT2D eigenvalue weighted by atomic mass is 16.5. The summed E-state index contributed by atoms with van der Waals surface area (Å²) in [5, 5.41) is 18.7. The van der Waals surface area contributed by atoms with Gasteiger partial charge < -0.3 is 10.3 Å². The molecule has 0 atom stereocenters. The summed E-state index contributed by atoms with van der Waals surface area (Å²) < 4.78 is 0.288. The zero-order chi connectivity index (χ0) is 12.3. The SMILES string of the molecule is C#CC=CC(=O)c1c(O)cc(C)n(O)c1=O. The molecule has 1 aromatic rings. The molecular weight excluding hydrogens is 210 g/mol. The third-order valence-corrected chi connectivity index (χ3v) is 1.92. The van der Waals surface area contributed by atoms with Crippen molar-refractivity contribution in [1.29, 1.82) is 0 Å². The van der Waals surface area contributed by atoms with E-state index < -0.39 is 22.7 Å². The van der Waals surface area contributed by atoms with Crippen LogP contribution in [0.15, 0.2) is 23.0 Å². The number of aromatic nitrogens is 1. The number of rotatable bonds is 2. The molecule has 2 N–H and O–H groups in total. The van der Waals surface area contributed by atoms with Crippen LogP contribution >= 0.6 is 0 Å². The molecule has 0 amide bonds. The molecule has 0 aliphatic heterocycles. The van der Waals surface area contributed by atoms with Gasteiger partial charge in [0.2, 0.25) is 0 Å². The summed E-state index contributed by atoms with van der Waals surface area (Å²) in [6, 6.07) is 1.11. The Morgan fingerprint density at radius 1 is 1.62 bits per heavy atom. The fourth-order valence-corrected chi connectivity index (χ4v) is 1.15. The molecule has 1 heterocycles. The van der Waals surface area contributed by atoms with E-state index >= 15 is 0 Å². The van der Waals surface area contributed by atoms with E-state index in [9.17, 15) is 19.9 Å². The van der Waals surface area contributed by atoms with Crippen LogP contribution in [0.3, 0.4) is 0 Å². The lowest BCUT2D eigenvalue weighted by molar-refractivity contribution is 0.103. The Hall–Kier alpha value is -2.48. The van der Waals surface area contributed by atoms with Gasteiger partial charge >= 0.3 is 0 Å². The molecule has 0 unspecified atom stereocenters. The molecule has 0 bridgehead atoms. The topological polar surface area (TPSA) is 79.5 Å². The first-order valence-electron chi connectivity index (χ1n) is 4.31. The highest BCUT2D eigenvalue weighted by molar-refractivity contribution is 6.06. The number of allylic oxidation sites excluding steroid dienone is 2. The Morgan fingerprint density at radius 3 is 2.81 bits per heavy atom. The van der Waals surface area contributed by atoms with Crippen LogP contribution in [0.25, 0.3) is 0 Å². The maximum Gasteiger partial charge on any atom is 0.298 e. The number of pyridine rings is 1. The number of terminal acetylenes is 1. The number of aryl methyl sites for hydroxylation is 1. The van der Waals surface area contributed by atoms with Crippen LogP contribution in [0.5, 0.6) is 5.75 Å². The number of nitrogens with zero attached hydrogens (tertiary/aromatic N) is 1. The van der Waals surface area contributed by atoms with E-state index in [4.69, 9.17) is 6.42 Å². The van der Waals surface area contributed by atoms with Crippen LogP contribution in [0, 0.1) is 19.3 Å². The van der Waals surface area contributed by atoms with Gasteiger partial charge in [0, 0.05) is 6.07 Å². The smallest absolute Gasteiger partial charge is 0.298 e. The van der Waals surface area contributed by atoms with Crippen LogP contribution < -0.4 is 5.56 Å². The van der Waals surface area contributed by atoms with Gasteiger partial charge in [0.25, 0.3) is 5.56 Å². The van der Waals surface area contributed by atoms with Crippen molar-refractivity contribution < 1.29 is 15.1 Å². The molecule has 0 aliphatic carbocycles. The Kier molecular flexibility index (Phi) is 3.16. The number of carbonyl (C=O) groups is 1. The quantitative estimate of drug-likeness (QED) is 0.328. The van der Waals surface area contributed by atoms with Crippen LogP contribution in [0.2, 0.25) is 0 Å². The second-order valence-corrected chi connectivity index (χ2v) is 3.03. The lowest BCUT2D eigenvalue weighted by Gasteiger charge is -2.05. The minimum atomic E-state index is -0.982. The maximum absolute atomic E-state index is 11.5. The van der Waals surface area contributed by atoms with Gasteiger partial charge in [-0.1, -0.05) is 5.92 Å². The van der Waals surface area contributed by atoms with Gasteiger partial charge in [-0.3, -0.25) is 9.59 Å². The largest absolute Gasteiger partial charge is 0.507 e. The van der Waals surface area contributed by atoms with Crippen molar-refractivity contribution >= 4 is 5.78 Å². The lowest BCUT2D eigenvalue weighted by atomic mass is 10.1. The molecule has 16 heavy (non-hydrogen) atoms. The van der Waals surface area contributed by atoms with Crippen LogP contribution in [0.4, 0.5) is 0 Å². The third-order valence-electron chi connectivity index (χ3n) is 1.92. The minimum absolute atomic E-state index is 0.125. The normalized spacial score (nSPS) is 10.2. The highest BCUT2D eigenvalue weighted by Crippen LogP contribution is 2.14. The summed E-state index contributed by atoms with van der Waals surface area (Å²) in [7, 11) is 0. The molecule has 0 radical (unpaired) electrons. The molecule has 1 rings (SSSR count). The van der Waals surface area contributed by atoms with Crippen molar-refractivity contribution in [2.45, 2.75) is 6.92 Å². The average Bonchev–Trinajstić information content (AvgIpc) is 2.23. The summed E-state index contributed by atoms with van der Waals surface area (Å²) in [5.41, 5.74) is -1.37. The standard InChI is InChI=1S/C11H9NO4/c1-3-4-5-8(13)10-9(14)6-7(2)12(16)11(10)15/h1,4-6,14,16H,2H3. The second kappa shape index (κ2) is 4.36. The first-order valence-corrected chi connectivity index (χ1v) is 4.31. The number of hydrogen-bond acceptors (Lipinski definition) is 4. The molecule has 0 aromatic carbocycles. The Morgan fingerprint density at radius 2 is 2.25 bits per heavy atom. The summed E-state index contributed by atoms with van der Waals surface area (Å²) in [4.78, 5) is 22.9. The van der Waals surface area contributed by atoms with Crippen molar-refractivity contribution in [3.05, 3.63) is 39.8 Å². The fraction of sp³-hybridized carbons (Fsp3) is 0.0909. The van der Waals surface area contributed by atoms with E-state index in [1.54, 1.807) is 0 Å². The molecule has 5 heteroatoms. The molecular formula is C11H9NO4. The van der Waals surface area contributed by atoms with E-state index in [2.05, 4.69) is 5.92 Å². The molecule has 1 aromatic heterocycles. The fourth-order valence-electron chi connectivity index (χ4n) is 1.15. The van der Waals surface area contributed by atoms with Crippen LogP contribution in [-0.2, 0) is 0 Å². The number of carbonyl (C=O) groups excluding carboxylic acids is 1.